The standard InChI is InChI=1S/C22H19F6N5O.C2H6/c1-2-3-12-8-15(23)6-4-14(12)11-29-21(30-19-10-18(32-33-19)22(26,27)28)31-20(34)13-5-7-16(24)17(25)9-13;1-2/h4-10H,2-3,11H2,1H3,(H3,29,30,31,32,33,34);1-2H3. The van der Waals surface area contributed by atoms with Crippen LogP contribution < -0.4 is 10.6 Å². The minimum Gasteiger partial charge on any atom is -0.309 e. The Morgan fingerprint density at radius 2 is 1.72 bits per heavy atom. The first-order valence-corrected chi connectivity index (χ1v) is 11.0. The minimum absolute atomic E-state index is 0.0629. The van der Waals surface area contributed by atoms with E-state index in [-0.39, 0.29) is 23.9 Å². The average Bonchev–Trinajstić information content (AvgIpc) is 3.31. The number of aromatic amines is 1. The molecule has 0 aliphatic carbocycles. The van der Waals surface area contributed by atoms with Gasteiger partial charge in [0, 0.05) is 11.6 Å². The number of carbonyl (C=O) groups excluding carboxylic acids is 1. The van der Waals surface area contributed by atoms with Gasteiger partial charge in [0.15, 0.2) is 17.5 Å². The van der Waals surface area contributed by atoms with Crippen molar-refractivity contribution in [2.24, 2.45) is 4.99 Å². The number of nitrogens with zero attached hydrogens (tertiary/aromatic N) is 2. The van der Waals surface area contributed by atoms with Crippen LogP contribution in [0.1, 0.15) is 54.4 Å². The summed E-state index contributed by atoms with van der Waals surface area (Å²) in [4.78, 5) is 16.7. The Balaban J connectivity index is 0.00000222. The first-order valence-electron chi connectivity index (χ1n) is 11.0. The molecule has 0 unspecified atom stereocenters. The van der Waals surface area contributed by atoms with E-state index < -0.39 is 35.2 Å². The number of carbonyl (C=O) groups is 1. The van der Waals surface area contributed by atoms with Crippen LogP contribution in [0.25, 0.3) is 0 Å². The van der Waals surface area contributed by atoms with E-state index in [1.165, 1.54) is 18.2 Å². The van der Waals surface area contributed by atoms with Crippen molar-refractivity contribution in [2.45, 2.75) is 46.3 Å². The third-order valence-corrected chi connectivity index (χ3v) is 4.64. The van der Waals surface area contributed by atoms with Crippen LogP contribution in [0.3, 0.4) is 0 Å². The van der Waals surface area contributed by atoms with Crippen LogP contribution in [0.15, 0.2) is 47.5 Å². The zero-order valence-electron chi connectivity index (χ0n) is 19.7. The van der Waals surface area contributed by atoms with E-state index in [0.717, 1.165) is 18.6 Å². The van der Waals surface area contributed by atoms with Gasteiger partial charge < -0.3 is 5.32 Å². The van der Waals surface area contributed by atoms with Crippen LogP contribution >= 0.6 is 0 Å². The number of rotatable bonds is 6. The van der Waals surface area contributed by atoms with Gasteiger partial charge in [-0.2, -0.15) is 18.3 Å². The molecule has 3 N–H and O–H groups in total. The predicted molar refractivity (Wildman–Crippen MR) is 124 cm³/mol. The number of H-pyrrole nitrogens is 1. The molecular formula is C24H25F6N5O. The fraction of sp³-hybridized carbons (Fsp3) is 0.292. The van der Waals surface area contributed by atoms with E-state index >= 15 is 0 Å². The number of alkyl halides is 3. The van der Waals surface area contributed by atoms with Crippen molar-refractivity contribution in [2.75, 3.05) is 5.32 Å². The topological polar surface area (TPSA) is 82.2 Å². The first kappa shape index (κ1) is 28.4. The molecule has 0 radical (unpaired) electrons. The maximum Gasteiger partial charge on any atom is 0.432 e. The number of anilines is 1. The van der Waals surface area contributed by atoms with E-state index in [1.54, 1.807) is 0 Å². The summed E-state index contributed by atoms with van der Waals surface area (Å²) in [6.45, 7) is 5.84. The number of aliphatic imine (C=N–C) groups is 1. The van der Waals surface area contributed by atoms with Gasteiger partial charge in [-0.25, -0.2) is 18.2 Å². The lowest BCUT2D eigenvalue weighted by Gasteiger charge is -2.12. The lowest BCUT2D eigenvalue weighted by atomic mass is 10.0. The maximum absolute atomic E-state index is 13.6. The van der Waals surface area contributed by atoms with Gasteiger partial charge in [0.1, 0.15) is 11.5 Å². The SMILES string of the molecule is CC.CCCc1cc(F)ccc1CN=C(NC(=O)c1ccc(F)c(F)c1)Nc1cc(C(F)(F)F)[nH]n1. The Morgan fingerprint density at radius 3 is 2.33 bits per heavy atom. The fourth-order valence-corrected chi connectivity index (χ4v) is 2.99. The molecule has 0 aliphatic rings. The summed E-state index contributed by atoms with van der Waals surface area (Å²) in [5.74, 6) is -4.34. The van der Waals surface area contributed by atoms with Crippen molar-refractivity contribution in [1.82, 2.24) is 15.5 Å². The molecule has 0 saturated carbocycles. The van der Waals surface area contributed by atoms with Crippen LogP contribution in [0, 0.1) is 17.5 Å². The van der Waals surface area contributed by atoms with Gasteiger partial charge >= 0.3 is 6.18 Å². The average molecular weight is 513 g/mol. The quantitative estimate of drug-likeness (QED) is 0.208. The summed E-state index contributed by atoms with van der Waals surface area (Å²) >= 11 is 0. The molecule has 1 amide bonds. The number of amides is 1. The number of benzene rings is 2. The van der Waals surface area contributed by atoms with E-state index in [0.29, 0.717) is 29.7 Å². The highest BCUT2D eigenvalue weighted by Crippen LogP contribution is 2.28. The Bertz CT molecular complexity index is 1210. The zero-order valence-corrected chi connectivity index (χ0v) is 19.7. The van der Waals surface area contributed by atoms with Crippen molar-refractivity contribution >= 4 is 17.7 Å². The van der Waals surface area contributed by atoms with Gasteiger partial charge in [-0.15, -0.1) is 0 Å². The van der Waals surface area contributed by atoms with Gasteiger partial charge in [0.25, 0.3) is 5.91 Å². The second-order valence-corrected chi connectivity index (χ2v) is 7.20. The molecule has 194 valence electrons. The van der Waals surface area contributed by atoms with Gasteiger partial charge in [-0.1, -0.05) is 33.3 Å². The second-order valence-electron chi connectivity index (χ2n) is 7.20. The summed E-state index contributed by atoms with van der Waals surface area (Å²) in [5.41, 5.74) is -0.0794. The zero-order chi connectivity index (χ0) is 26.9. The van der Waals surface area contributed by atoms with Crippen molar-refractivity contribution < 1.29 is 31.1 Å². The second kappa shape index (κ2) is 12.8. The van der Waals surface area contributed by atoms with Crippen LogP contribution in [-0.2, 0) is 19.1 Å². The Morgan fingerprint density at radius 1 is 1.00 bits per heavy atom. The van der Waals surface area contributed by atoms with Crippen molar-refractivity contribution in [3.8, 4) is 0 Å². The van der Waals surface area contributed by atoms with Crippen molar-refractivity contribution in [1.29, 1.82) is 0 Å². The summed E-state index contributed by atoms with van der Waals surface area (Å²) < 4.78 is 78.9. The van der Waals surface area contributed by atoms with Crippen LogP contribution in [-0.4, -0.2) is 22.1 Å². The number of aromatic nitrogens is 2. The molecule has 0 saturated heterocycles. The van der Waals surface area contributed by atoms with E-state index in [9.17, 15) is 31.1 Å². The van der Waals surface area contributed by atoms with Crippen molar-refractivity contribution in [3.63, 3.8) is 0 Å². The summed E-state index contributed by atoms with van der Waals surface area (Å²) in [6.07, 6.45) is -3.39. The van der Waals surface area contributed by atoms with Crippen LogP contribution in [0.4, 0.5) is 32.2 Å². The fourth-order valence-electron chi connectivity index (χ4n) is 2.99. The van der Waals surface area contributed by atoms with E-state index in [2.05, 4.69) is 20.7 Å². The lowest BCUT2D eigenvalue weighted by Crippen LogP contribution is -2.36. The molecule has 0 aliphatic heterocycles. The molecule has 0 atom stereocenters. The third-order valence-electron chi connectivity index (χ3n) is 4.64. The third kappa shape index (κ3) is 7.85. The molecule has 1 heterocycles. The molecule has 3 rings (SSSR count). The number of aryl methyl sites for hydroxylation is 1. The smallest absolute Gasteiger partial charge is 0.309 e. The monoisotopic (exact) mass is 513 g/mol. The molecule has 0 fully saturated rings. The highest BCUT2D eigenvalue weighted by atomic mass is 19.4. The molecule has 2 aromatic carbocycles. The molecule has 0 spiro atoms. The number of guanidine groups is 1. The predicted octanol–water partition coefficient (Wildman–Crippen LogP) is 6.22. The molecule has 1 aromatic heterocycles. The molecule has 36 heavy (non-hydrogen) atoms. The Kier molecular flexibility index (Phi) is 10.1. The number of hydrogen-bond donors (Lipinski definition) is 3. The van der Waals surface area contributed by atoms with Crippen molar-refractivity contribution in [3.05, 3.63) is 82.3 Å². The minimum atomic E-state index is -4.68. The Hall–Kier alpha value is -3.83. The summed E-state index contributed by atoms with van der Waals surface area (Å²) in [5, 5.41) is 10.1. The number of hydrogen-bond acceptors (Lipinski definition) is 3. The Labute approximate surface area is 203 Å². The highest BCUT2D eigenvalue weighted by molar-refractivity contribution is 6.09. The maximum atomic E-state index is 13.6. The molecule has 12 heteroatoms. The molecular weight excluding hydrogens is 488 g/mol. The van der Waals surface area contributed by atoms with Gasteiger partial charge in [0.2, 0.25) is 5.96 Å². The largest absolute Gasteiger partial charge is 0.432 e. The normalized spacial score (nSPS) is 11.5. The van der Waals surface area contributed by atoms with E-state index in [1.807, 2.05) is 25.9 Å². The summed E-state index contributed by atoms with van der Waals surface area (Å²) in [6, 6.07) is 7.21. The van der Waals surface area contributed by atoms with Gasteiger partial charge in [-0.3, -0.25) is 15.2 Å². The highest BCUT2D eigenvalue weighted by Gasteiger charge is 2.33. The molecule has 3 aromatic rings. The lowest BCUT2D eigenvalue weighted by molar-refractivity contribution is -0.141. The summed E-state index contributed by atoms with van der Waals surface area (Å²) in [7, 11) is 0. The van der Waals surface area contributed by atoms with E-state index in [4.69, 9.17) is 0 Å². The number of nitrogens with one attached hydrogen (secondary N) is 3. The van der Waals surface area contributed by atoms with Crippen LogP contribution in [0.2, 0.25) is 0 Å². The first-order chi connectivity index (χ1) is 17.1. The van der Waals surface area contributed by atoms with Gasteiger partial charge in [-0.05, 0) is 47.9 Å². The molecule has 0 bridgehead atoms. The molecule has 6 nitrogen and oxygen atoms in total. The van der Waals surface area contributed by atoms with Gasteiger partial charge in [0.05, 0.1) is 6.54 Å². The van der Waals surface area contributed by atoms with Crippen LogP contribution in [0.5, 0.6) is 0 Å². The number of halogens is 6.